The number of rotatable bonds is 3. The Morgan fingerprint density at radius 3 is 2.45 bits per heavy atom. The zero-order valence-corrected chi connectivity index (χ0v) is 10.9. The fourth-order valence-corrected chi connectivity index (χ4v) is 1.20. The summed E-state index contributed by atoms with van der Waals surface area (Å²) in [7, 11) is 0. The van der Waals surface area contributed by atoms with Crippen molar-refractivity contribution in [1.82, 2.24) is 5.32 Å². The van der Waals surface area contributed by atoms with Gasteiger partial charge in [-0.25, -0.2) is 4.79 Å². The van der Waals surface area contributed by atoms with Gasteiger partial charge in [0.05, 0.1) is 5.69 Å². The van der Waals surface area contributed by atoms with E-state index in [-0.39, 0.29) is 5.69 Å². The Bertz CT molecular complexity index is 506. The predicted octanol–water partition coefficient (Wildman–Crippen LogP) is 2.86. The molecule has 0 saturated heterocycles. The number of halogens is 4. The molecule has 1 aromatic carbocycles. The van der Waals surface area contributed by atoms with E-state index in [1.54, 1.807) is 0 Å². The maximum atomic E-state index is 12.2. The molecule has 5 nitrogen and oxygen atoms in total. The topological polar surface area (TPSA) is 67.4 Å². The molecule has 1 atom stereocenters. The van der Waals surface area contributed by atoms with Gasteiger partial charge in [-0.15, -0.1) is 24.8 Å². The molecule has 0 fully saturated rings. The minimum atomic E-state index is -4.89. The standard InChI is InChI=1S/C11H10ClF3N2O3/c1-6(12)9(18)17-10(19)16-7-4-2-3-5-8(7)20-11(13,14)15/h2-6H,1H3,(H2,16,17,18,19). The van der Waals surface area contributed by atoms with Crippen LogP contribution in [-0.2, 0) is 4.79 Å². The predicted molar refractivity (Wildman–Crippen MR) is 65.6 cm³/mol. The van der Waals surface area contributed by atoms with Crippen molar-refractivity contribution in [2.75, 3.05) is 5.32 Å². The van der Waals surface area contributed by atoms with E-state index < -0.39 is 29.4 Å². The van der Waals surface area contributed by atoms with Crippen molar-refractivity contribution < 1.29 is 27.5 Å². The second kappa shape index (κ2) is 6.47. The van der Waals surface area contributed by atoms with E-state index in [2.05, 4.69) is 10.1 Å². The number of alkyl halides is 4. The lowest BCUT2D eigenvalue weighted by atomic mass is 10.3. The van der Waals surface area contributed by atoms with E-state index >= 15 is 0 Å². The molecular formula is C11H10ClF3N2O3. The van der Waals surface area contributed by atoms with Gasteiger partial charge < -0.3 is 10.1 Å². The number of ether oxygens (including phenoxy) is 1. The second-order valence-corrected chi connectivity index (χ2v) is 4.26. The highest BCUT2D eigenvalue weighted by Crippen LogP contribution is 2.29. The Labute approximate surface area is 117 Å². The van der Waals surface area contributed by atoms with Crippen LogP contribution in [0.4, 0.5) is 23.7 Å². The van der Waals surface area contributed by atoms with Gasteiger partial charge >= 0.3 is 12.4 Å². The number of amides is 3. The summed E-state index contributed by atoms with van der Waals surface area (Å²) in [4.78, 5) is 22.5. The van der Waals surface area contributed by atoms with Crippen LogP contribution in [0.3, 0.4) is 0 Å². The van der Waals surface area contributed by atoms with E-state index in [1.165, 1.54) is 25.1 Å². The van der Waals surface area contributed by atoms with Gasteiger partial charge in [-0.2, -0.15) is 0 Å². The lowest BCUT2D eigenvalue weighted by molar-refractivity contribution is -0.274. The Kier molecular flexibility index (Phi) is 5.20. The summed E-state index contributed by atoms with van der Waals surface area (Å²) in [5.41, 5.74) is -0.239. The van der Waals surface area contributed by atoms with Crippen molar-refractivity contribution in [2.24, 2.45) is 0 Å². The Morgan fingerprint density at radius 1 is 1.30 bits per heavy atom. The van der Waals surface area contributed by atoms with Crippen LogP contribution in [0.1, 0.15) is 6.92 Å². The molecule has 0 aliphatic carbocycles. The third-order valence-electron chi connectivity index (χ3n) is 1.96. The Morgan fingerprint density at radius 2 is 1.90 bits per heavy atom. The van der Waals surface area contributed by atoms with Crippen LogP contribution in [0.5, 0.6) is 5.75 Å². The molecule has 0 heterocycles. The lowest BCUT2D eigenvalue weighted by Crippen LogP contribution is -2.38. The van der Waals surface area contributed by atoms with Crippen LogP contribution in [0, 0.1) is 0 Å². The van der Waals surface area contributed by atoms with E-state index in [0.717, 1.165) is 6.07 Å². The summed E-state index contributed by atoms with van der Waals surface area (Å²) >= 11 is 5.43. The van der Waals surface area contributed by atoms with Crippen LogP contribution in [0.2, 0.25) is 0 Å². The van der Waals surface area contributed by atoms with Crippen LogP contribution in [0.25, 0.3) is 0 Å². The van der Waals surface area contributed by atoms with Crippen molar-refractivity contribution in [3.63, 3.8) is 0 Å². The van der Waals surface area contributed by atoms with Gasteiger partial charge in [0.1, 0.15) is 5.38 Å². The number of nitrogens with one attached hydrogen (secondary N) is 2. The third kappa shape index (κ3) is 5.35. The van der Waals surface area contributed by atoms with Crippen LogP contribution >= 0.6 is 11.6 Å². The van der Waals surface area contributed by atoms with Gasteiger partial charge in [0.25, 0.3) is 0 Å². The minimum Gasteiger partial charge on any atom is -0.404 e. The average molecular weight is 311 g/mol. The number of urea groups is 1. The SMILES string of the molecule is CC(Cl)C(=O)NC(=O)Nc1ccccc1OC(F)(F)F. The van der Waals surface area contributed by atoms with Gasteiger partial charge in [0, 0.05) is 0 Å². The highest BCUT2D eigenvalue weighted by atomic mass is 35.5. The highest BCUT2D eigenvalue weighted by Gasteiger charge is 2.32. The molecule has 2 N–H and O–H groups in total. The first-order valence-corrected chi connectivity index (χ1v) is 5.73. The van der Waals surface area contributed by atoms with Gasteiger partial charge in [-0.05, 0) is 19.1 Å². The molecule has 0 spiro atoms. The largest absolute Gasteiger partial charge is 0.573 e. The monoisotopic (exact) mass is 310 g/mol. The molecule has 0 aromatic heterocycles. The van der Waals surface area contributed by atoms with E-state index in [4.69, 9.17) is 11.6 Å². The Hall–Kier alpha value is -1.96. The molecular weight excluding hydrogens is 301 g/mol. The van der Waals surface area contributed by atoms with Crippen molar-refractivity contribution in [2.45, 2.75) is 18.7 Å². The first-order chi connectivity index (χ1) is 9.19. The molecule has 3 amide bonds. The zero-order chi connectivity index (χ0) is 15.3. The number of hydrogen-bond acceptors (Lipinski definition) is 3. The smallest absolute Gasteiger partial charge is 0.404 e. The maximum Gasteiger partial charge on any atom is 0.573 e. The van der Waals surface area contributed by atoms with Crippen molar-refractivity contribution in [3.05, 3.63) is 24.3 Å². The van der Waals surface area contributed by atoms with Gasteiger partial charge in [0.15, 0.2) is 5.75 Å². The molecule has 1 rings (SSSR count). The summed E-state index contributed by atoms with van der Waals surface area (Å²) in [5, 5.41) is 2.97. The normalized spacial score (nSPS) is 12.4. The molecule has 110 valence electrons. The van der Waals surface area contributed by atoms with Gasteiger partial charge in [-0.1, -0.05) is 12.1 Å². The third-order valence-corrected chi connectivity index (χ3v) is 2.16. The summed E-state index contributed by atoms with van der Waals surface area (Å²) in [6.07, 6.45) is -4.89. The number of carbonyl (C=O) groups is 2. The molecule has 0 aliphatic rings. The quantitative estimate of drug-likeness (QED) is 0.844. The summed E-state index contributed by atoms with van der Waals surface area (Å²) in [6, 6.07) is 3.89. The zero-order valence-electron chi connectivity index (χ0n) is 10.1. The van der Waals surface area contributed by atoms with E-state index in [1.807, 2.05) is 5.32 Å². The van der Waals surface area contributed by atoms with Gasteiger partial charge in [0.2, 0.25) is 5.91 Å². The fourth-order valence-electron chi connectivity index (χ4n) is 1.15. The molecule has 0 bridgehead atoms. The fraction of sp³-hybridized carbons (Fsp3) is 0.273. The molecule has 0 aliphatic heterocycles. The van der Waals surface area contributed by atoms with Gasteiger partial charge in [-0.3, -0.25) is 10.1 Å². The maximum absolute atomic E-state index is 12.2. The number of hydrogen-bond donors (Lipinski definition) is 2. The van der Waals surface area contributed by atoms with Crippen molar-refractivity contribution in [3.8, 4) is 5.75 Å². The average Bonchev–Trinajstić information content (AvgIpc) is 2.29. The summed E-state index contributed by atoms with van der Waals surface area (Å²) < 4.78 is 40.2. The number of imide groups is 1. The van der Waals surface area contributed by atoms with E-state index in [9.17, 15) is 22.8 Å². The van der Waals surface area contributed by atoms with Crippen LogP contribution in [0.15, 0.2) is 24.3 Å². The molecule has 0 saturated carbocycles. The van der Waals surface area contributed by atoms with Crippen molar-refractivity contribution in [1.29, 1.82) is 0 Å². The summed E-state index contributed by atoms with van der Waals surface area (Å²) in [5.74, 6) is -1.38. The minimum absolute atomic E-state index is 0.239. The number of anilines is 1. The lowest BCUT2D eigenvalue weighted by Gasteiger charge is -2.14. The molecule has 20 heavy (non-hydrogen) atoms. The van der Waals surface area contributed by atoms with Crippen LogP contribution < -0.4 is 15.4 Å². The Balaban J connectivity index is 2.77. The molecule has 0 radical (unpaired) electrons. The van der Waals surface area contributed by atoms with Crippen molar-refractivity contribution >= 4 is 29.2 Å². The number of para-hydroxylation sites is 2. The van der Waals surface area contributed by atoms with E-state index in [0.29, 0.717) is 0 Å². The first-order valence-electron chi connectivity index (χ1n) is 5.30. The second-order valence-electron chi connectivity index (χ2n) is 3.60. The summed E-state index contributed by atoms with van der Waals surface area (Å²) in [6.45, 7) is 1.34. The first kappa shape index (κ1) is 16.1. The number of benzene rings is 1. The molecule has 1 unspecified atom stereocenters. The number of carbonyl (C=O) groups excluding carboxylic acids is 2. The van der Waals surface area contributed by atoms with Crippen LogP contribution in [-0.4, -0.2) is 23.7 Å². The molecule has 9 heteroatoms. The molecule has 1 aromatic rings. The highest BCUT2D eigenvalue weighted by molar-refractivity contribution is 6.31.